The van der Waals surface area contributed by atoms with E-state index in [0.717, 1.165) is 0 Å². The lowest BCUT2D eigenvalue weighted by Crippen LogP contribution is -2.44. The average molecular weight is 236 g/mol. The van der Waals surface area contributed by atoms with Crippen LogP contribution in [-0.4, -0.2) is 23.0 Å². The maximum absolute atomic E-state index is 11.3. The molecule has 0 spiro atoms. The number of carbonyl (C=O) groups excluding carboxylic acids is 2. The molecule has 1 amide bonds. The maximum atomic E-state index is 11.3. The highest BCUT2D eigenvalue weighted by Crippen LogP contribution is 2.09. The summed E-state index contributed by atoms with van der Waals surface area (Å²) in [4.78, 5) is 22.3. The van der Waals surface area contributed by atoms with E-state index in [0.29, 0.717) is 0 Å². The number of alkyl carbamates (subject to hydrolysis) is 1. The first-order valence-corrected chi connectivity index (χ1v) is 5.20. The lowest BCUT2D eigenvalue weighted by atomic mass is 10.1. The Morgan fingerprint density at radius 1 is 1.27 bits per heavy atom. The van der Waals surface area contributed by atoms with E-state index in [1.165, 1.54) is 0 Å². The molecule has 0 saturated carbocycles. The van der Waals surface area contributed by atoms with Gasteiger partial charge >= 0.3 is 6.09 Å². The van der Waals surface area contributed by atoms with E-state index in [2.05, 4.69) is 5.32 Å². The van der Waals surface area contributed by atoms with Crippen LogP contribution in [-0.2, 0) is 9.53 Å². The van der Waals surface area contributed by atoms with Crippen molar-refractivity contribution in [2.24, 2.45) is 5.92 Å². The summed E-state index contributed by atoms with van der Waals surface area (Å²) >= 11 is 5.34. The SMILES string of the molecule is CC(C)[C@H](NC(=O)OC(C)(C)C)C(=O)Cl. The second-order valence-corrected chi connectivity index (χ2v) is 5.04. The van der Waals surface area contributed by atoms with Crippen LogP contribution in [0.4, 0.5) is 4.79 Å². The number of ether oxygens (including phenoxy) is 1. The predicted octanol–water partition coefficient (Wildman–Crippen LogP) is 2.30. The molecule has 0 saturated heterocycles. The van der Waals surface area contributed by atoms with Crippen molar-refractivity contribution in [3.63, 3.8) is 0 Å². The van der Waals surface area contributed by atoms with Crippen LogP contribution in [0.5, 0.6) is 0 Å². The standard InChI is InChI=1S/C10H18ClNO3/c1-6(2)7(8(11)13)12-9(14)15-10(3,4)5/h6-7H,1-5H3,(H,12,14)/t7-/m0/s1. The second-order valence-electron chi connectivity index (χ2n) is 4.67. The molecular weight excluding hydrogens is 218 g/mol. The van der Waals surface area contributed by atoms with E-state index in [4.69, 9.17) is 16.3 Å². The summed E-state index contributed by atoms with van der Waals surface area (Å²) in [6.45, 7) is 8.84. The van der Waals surface area contributed by atoms with Gasteiger partial charge < -0.3 is 10.1 Å². The Morgan fingerprint density at radius 3 is 2.00 bits per heavy atom. The first kappa shape index (κ1) is 14.2. The minimum absolute atomic E-state index is 0.0671. The minimum atomic E-state index is -0.707. The summed E-state index contributed by atoms with van der Waals surface area (Å²) in [6.07, 6.45) is -0.629. The van der Waals surface area contributed by atoms with Gasteiger partial charge in [-0.2, -0.15) is 0 Å². The van der Waals surface area contributed by atoms with E-state index >= 15 is 0 Å². The molecule has 15 heavy (non-hydrogen) atoms. The lowest BCUT2D eigenvalue weighted by Gasteiger charge is -2.23. The van der Waals surface area contributed by atoms with Crippen LogP contribution in [0.25, 0.3) is 0 Å². The number of hydrogen-bond donors (Lipinski definition) is 1. The molecule has 0 rings (SSSR count). The van der Waals surface area contributed by atoms with Crippen molar-refractivity contribution in [2.45, 2.75) is 46.3 Å². The van der Waals surface area contributed by atoms with E-state index < -0.39 is 23.0 Å². The topological polar surface area (TPSA) is 55.4 Å². The van der Waals surface area contributed by atoms with E-state index in [1.807, 2.05) is 0 Å². The van der Waals surface area contributed by atoms with Crippen LogP contribution in [0.3, 0.4) is 0 Å². The Hall–Kier alpha value is -0.770. The predicted molar refractivity (Wildman–Crippen MR) is 58.9 cm³/mol. The molecule has 0 bridgehead atoms. The van der Waals surface area contributed by atoms with Crippen LogP contribution in [0.15, 0.2) is 0 Å². The maximum Gasteiger partial charge on any atom is 0.408 e. The first-order chi connectivity index (χ1) is 6.63. The highest BCUT2D eigenvalue weighted by atomic mass is 35.5. The zero-order chi connectivity index (χ0) is 12.2. The number of amides is 1. The Balaban J connectivity index is 4.31. The Labute approximate surface area is 95.3 Å². The van der Waals surface area contributed by atoms with Crippen LogP contribution in [0.2, 0.25) is 0 Å². The molecule has 0 radical (unpaired) electrons. The number of halogens is 1. The fourth-order valence-corrected chi connectivity index (χ4v) is 1.23. The van der Waals surface area contributed by atoms with Crippen LogP contribution < -0.4 is 5.32 Å². The smallest absolute Gasteiger partial charge is 0.408 e. The lowest BCUT2D eigenvalue weighted by molar-refractivity contribution is -0.114. The van der Waals surface area contributed by atoms with Gasteiger partial charge in [0.15, 0.2) is 0 Å². The monoisotopic (exact) mass is 235 g/mol. The van der Waals surface area contributed by atoms with Gasteiger partial charge in [-0.15, -0.1) is 0 Å². The zero-order valence-corrected chi connectivity index (χ0v) is 10.5. The van der Waals surface area contributed by atoms with Crippen molar-refractivity contribution in [2.75, 3.05) is 0 Å². The van der Waals surface area contributed by atoms with Gasteiger partial charge in [0.2, 0.25) is 5.24 Å². The van der Waals surface area contributed by atoms with E-state index in [1.54, 1.807) is 34.6 Å². The molecule has 0 unspecified atom stereocenters. The van der Waals surface area contributed by atoms with Gasteiger partial charge in [0.05, 0.1) is 0 Å². The van der Waals surface area contributed by atoms with Crippen molar-refractivity contribution >= 4 is 22.9 Å². The Morgan fingerprint density at radius 2 is 1.73 bits per heavy atom. The number of hydrogen-bond acceptors (Lipinski definition) is 3. The van der Waals surface area contributed by atoms with Crippen LogP contribution >= 0.6 is 11.6 Å². The summed E-state index contributed by atoms with van der Waals surface area (Å²) in [7, 11) is 0. The van der Waals surface area contributed by atoms with Crippen molar-refractivity contribution in [3.05, 3.63) is 0 Å². The molecule has 0 aliphatic carbocycles. The third-order valence-corrected chi connectivity index (χ3v) is 1.82. The highest BCUT2D eigenvalue weighted by Gasteiger charge is 2.25. The van der Waals surface area contributed by atoms with Crippen LogP contribution in [0, 0.1) is 5.92 Å². The van der Waals surface area contributed by atoms with Gasteiger partial charge in [-0.1, -0.05) is 13.8 Å². The Bertz CT molecular complexity index is 246. The zero-order valence-electron chi connectivity index (χ0n) is 9.76. The summed E-state index contributed by atoms with van der Waals surface area (Å²) in [5.74, 6) is -0.0671. The van der Waals surface area contributed by atoms with Gasteiger partial charge in [-0.25, -0.2) is 4.79 Å². The molecule has 0 aliphatic rings. The summed E-state index contributed by atoms with van der Waals surface area (Å²) in [6, 6.07) is -0.707. The van der Waals surface area contributed by atoms with Crippen molar-refractivity contribution in [3.8, 4) is 0 Å². The van der Waals surface area contributed by atoms with E-state index in [-0.39, 0.29) is 5.92 Å². The number of nitrogens with one attached hydrogen (secondary N) is 1. The quantitative estimate of drug-likeness (QED) is 0.764. The fourth-order valence-electron chi connectivity index (χ4n) is 0.920. The van der Waals surface area contributed by atoms with Crippen LogP contribution in [0.1, 0.15) is 34.6 Å². The minimum Gasteiger partial charge on any atom is -0.444 e. The second kappa shape index (κ2) is 5.35. The average Bonchev–Trinajstić information content (AvgIpc) is 1.95. The molecule has 0 aliphatic heterocycles. The molecule has 1 N–H and O–H groups in total. The molecule has 0 fully saturated rings. The molecule has 4 nitrogen and oxygen atoms in total. The molecule has 0 aromatic heterocycles. The summed E-state index contributed by atoms with van der Waals surface area (Å²) in [5.41, 5.74) is -0.582. The first-order valence-electron chi connectivity index (χ1n) is 4.82. The van der Waals surface area contributed by atoms with Crippen molar-refractivity contribution in [1.29, 1.82) is 0 Å². The Kier molecular flexibility index (Phi) is 5.08. The molecular formula is C10H18ClNO3. The van der Waals surface area contributed by atoms with Gasteiger partial charge in [0.25, 0.3) is 0 Å². The molecule has 88 valence electrons. The summed E-state index contributed by atoms with van der Waals surface area (Å²) < 4.78 is 5.01. The molecule has 1 atom stereocenters. The fraction of sp³-hybridized carbons (Fsp3) is 0.800. The largest absolute Gasteiger partial charge is 0.444 e. The number of rotatable bonds is 3. The van der Waals surface area contributed by atoms with Gasteiger partial charge in [0.1, 0.15) is 11.6 Å². The number of carbonyl (C=O) groups is 2. The third-order valence-electron chi connectivity index (χ3n) is 1.58. The van der Waals surface area contributed by atoms with Gasteiger partial charge in [-0.3, -0.25) is 4.79 Å². The molecule has 5 heteroatoms. The third kappa shape index (κ3) is 6.33. The van der Waals surface area contributed by atoms with E-state index in [9.17, 15) is 9.59 Å². The summed E-state index contributed by atoms with van der Waals surface area (Å²) in [5, 5.41) is 1.84. The molecule has 0 aromatic carbocycles. The van der Waals surface area contributed by atoms with Gasteiger partial charge in [0, 0.05) is 0 Å². The normalized spacial score (nSPS) is 13.5. The van der Waals surface area contributed by atoms with Crippen molar-refractivity contribution < 1.29 is 14.3 Å². The highest BCUT2D eigenvalue weighted by molar-refractivity contribution is 6.64. The van der Waals surface area contributed by atoms with Crippen molar-refractivity contribution in [1.82, 2.24) is 5.32 Å². The molecule has 0 heterocycles. The molecule has 0 aromatic rings. The van der Waals surface area contributed by atoms with Gasteiger partial charge in [-0.05, 0) is 38.3 Å².